The fourth-order valence-electron chi connectivity index (χ4n) is 0.794. The van der Waals surface area contributed by atoms with Crippen LogP contribution >= 0.6 is 0 Å². The Morgan fingerprint density at radius 2 is 1.69 bits per heavy atom. The summed E-state index contributed by atoms with van der Waals surface area (Å²) in [6.45, 7) is 0.804. The van der Waals surface area contributed by atoms with Crippen LogP contribution in [0.5, 0.6) is 0 Å². The number of carbonyl (C=O) groups excluding carboxylic acids is 1. The molecule has 0 aromatic heterocycles. The van der Waals surface area contributed by atoms with E-state index < -0.39 is 30.2 Å². The third kappa shape index (κ3) is 3.37. The predicted molar refractivity (Wildman–Crippen MR) is 43.8 cm³/mol. The number of rotatable bonds is 5. The van der Waals surface area contributed by atoms with Crippen LogP contribution < -0.4 is 5.73 Å². The van der Waals surface area contributed by atoms with Gasteiger partial charge in [-0.25, -0.2) is 0 Å². The molecule has 4 atom stereocenters. The Balaban J connectivity index is 4.24. The highest BCUT2D eigenvalue weighted by molar-refractivity contribution is 5.80. The van der Waals surface area contributed by atoms with Gasteiger partial charge in [-0.15, -0.1) is 0 Å². The molecule has 0 aromatic carbocycles. The number of aliphatic hydroxyl groups is 4. The smallest absolute Gasteiger partial charge is 0.160 e. The molecular weight excluding hydrogens is 178 g/mol. The van der Waals surface area contributed by atoms with E-state index in [0.717, 1.165) is 6.92 Å². The molecular formula is C7H15NO5. The van der Waals surface area contributed by atoms with Gasteiger partial charge in [0.2, 0.25) is 0 Å². The van der Waals surface area contributed by atoms with E-state index in [4.69, 9.17) is 26.2 Å². The Kier molecular flexibility index (Phi) is 5.04. The highest BCUT2D eigenvalue weighted by Gasteiger charge is 2.31. The molecule has 0 saturated heterocycles. The molecule has 0 aliphatic rings. The Morgan fingerprint density at radius 3 is 2.00 bits per heavy atom. The van der Waals surface area contributed by atoms with Gasteiger partial charge in [0.05, 0.1) is 6.10 Å². The SMILES string of the molecule is CC(=O)[C@@H](O)[C@@H](O)[C@H](O)[C@@H](O)CN. The van der Waals surface area contributed by atoms with Gasteiger partial charge in [-0.3, -0.25) is 4.79 Å². The Bertz CT molecular complexity index is 174. The second-order valence-corrected chi connectivity index (χ2v) is 2.84. The number of hydrogen-bond acceptors (Lipinski definition) is 6. The van der Waals surface area contributed by atoms with Crippen LogP contribution in [0.4, 0.5) is 0 Å². The van der Waals surface area contributed by atoms with Crippen molar-refractivity contribution in [2.45, 2.75) is 31.3 Å². The molecule has 13 heavy (non-hydrogen) atoms. The first kappa shape index (κ1) is 12.5. The Morgan fingerprint density at radius 1 is 1.23 bits per heavy atom. The molecule has 0 radical (unpaired) electrons. The molecule has 6 nitrogen and oxygen atoms in total. The second-order valence-electron chi connectivity index (χ2n) is 2.84. The molecule has 0 aromatic rings. The topological polar surface area (TPSA) is 124 Å². The summed E-state index contributed by atoms with van der Waals surface area (Å²) in [5.74, 6) is -0.684. The third-order valence-corrected chi connectivity index (χ3v) is 1.73. The summed E-state index contributed by atoms with van der Waals surface area (Å²) in [7, 11) is 0. The van der Waals surface area contributed by atoms with Crippen molar-refractivity contribution in [3.05, 3.63) is 0 Å². The average Bonchev–Trinajstić information content (AvgIpc) is 2.12. The number of aliphatic hydroxyl groups excluding tert-OH is 4. The standard InChI is InChI=1S/C7H15NO5/c1-3(9)5(11)7(13)6(12)4(10)2-8/h4-7,10-13H,2,8H2,1H3/t4-,5+,6+,7+/m0/s1. The van der Waals surface area contributed by atoms with E-state index in [-0.39, 0.29) is 6.54 Å². The molecule has 0 amide bonds. The number of ketones is 1. The normalized spacial score (nSPS) is 20.5. The molecule has 0 spiro atoms. The van der Waals surface area contributed by atoms with Crippen LogP contribution in [-0.4, -0.2) is 57.2 Å². The van der Waals surface area contributed by atoms with Crippen LogP contribution in [0.25, 0.3) is 0 Å². The average molecular weight is 193 g/mol. The zero-order chi connectivity index (χ0) is 10.6. The van der Waals surface area contributed by atoms with Gasteiger partial charge in [-0.1, -0.05) is 0 Å². The van der Waals surface area contributed by atoms with Crippen molar-refractivity contribution >= 4 is 5.78 Å². The van der Waals surface area contributed by atoms with Gasteiger partial charge >= 0.3 is 0 Å². The number of hydrogen-bond donors (Lipinski definition) is 5. The summed E-state index contributed by atoms with van der Waals surface area (Å²) < 4.78 is 0. The van der Waals surface area contributed by atoms with Crippen molar-refractivity contribution < 1.29 is 25.2 Å². The van der Waals surface area contributed by atoms with Gasteiger partial charge in [-0.2, -0.15) is 0 Å². The summed E-state index contributed by atoms with van der Waals surface area (Å²) in [6.07, 6.45) is -6.39. The van der Waals surface area contributed by atoms with E-state index in [1.165, 1.54) is 0 Å². The minimum Gasteiger partial charge on any atom is -0.389 e. The largest absolute Gasteiger partial charge is 0.389 e. The Hall–Kier alpha value is -0.530. The summed E-state index contributed by atoms with van der Waals surface area (Å²) in [6, 6.07) is 0. The monoisotopic (exact) mass is 193 g/mol. The van der Waals surface area contributed by atoms with Crippen LogP contribution in [0.15, 0.2) is 0 Å². The first-order valence-corrected chi connectivity index (χ1v) is 3.84. The molecule has 0 fully saturated rings. The fraction of sp³-hybridized carbons (Fsp3) is 0.857. The highest BCUT2D eigenvalue weighted by Crippen LogP contribution is 2.05. The molecule has 0 bridgehead atoms. The minimum absolute atomic E-state index is 0.261. The number of nitrogens with two attached hydrogens (primary N) is 1. The summed E-state index contributed by atoms with van der Waals surface area (Å²) in [5.41, 5.74) is 5.00. The van der Waals surface area contributed by atoms with Crippen molar-refractivity contribution in [3.8, 4) is 0 Å². The van der Waals surface area contributed by atoms with E-state index in [2.05, 4.69) is 0 Å². The van der Waals surface area contributed by atoms with E-state index >= 15 is 0 Å². The van der Waals surface area contributed by atoms with Crippen LogP contribution in [-0.2, 0) is 4.79 Å². The molecule has 0 heterocycles. The molecule has 78 valence electrons. The van der Waals surface area contributed by atoms with Gasteiger partial charge < -0.3 is 26.2 Å². The lowest BCUT2D eigenvalue weighted by Gasteiger charge is -2.24. The molecule has 0 saturated carbocycles. The van der Waals surface area contributed by atoms with E-state index in [9.17, 15) is 4.79 Å². The number of Topliss-reactive ketones (excluding diaryl/α,β-unsaturated/α-hetero) is 1. The van der Waals surface area contributed by atoms with Crippen molar-refractivity contribution in [1.82, 2.24) is 0 Å². The van der Waals surface area contributed by atoms with Crippen molar-refractivity contribution in [2.75, 3.05) is 6.54 Å². The third-order valence-electron chi connectivity index (χ3n) is 1.73. The first-order valence-electron chi connectivity index (χ1n) is 3.84. The van der Waals surface area contributed by atoms with Gasteiger partial charge in [0.1, 0.15) is 18.3 Å². The molecule has 0 aliphatic heterocycles. The van der Waals surface area contributed by atoms with Gasteiger partial charge in [0, 0.05) is 6.54 Å². The maximum absolute atomic E-state index is 10.6. The molecule has 6 N–H and O–H groups in total. The predicted octanol–water partition coefficient (Wildman–Crippen LogP) is -3.02. The Labute approximate surface area is 75.6 Å². The second kappa shape index (κ2) is 5.25. The quantitative estimate of drug-likeness (QED) is 0.316. The maximum Gasteiger partial charge on any atom is 0.160 e. The van der Waals surface area contributed by atoms with E-state index in [1.807, 2.05) is 0 Å². The van der Waals surface area contributed by atoms with Gasteiger partial charge in [0.15, 0.2) is 5.78 Å². The minimum atomic E-state index is -1.71. The summed E-state index contributed by atoms with van der Waals surface area (Å²) in [4.78, 5) is 10.6. The zero-order valence-electron chi connectivity index (χ0n) is 7.29. The lowest BCUT2D eigenvalue weighted by molar-refractivity contribution is -0.142. The van der Waals surface area contributed by atoms with E-state index in [0.29, 0.717) is 0 Å². The molecule has 6 heteroatoms. The van der Waals surface area contributed by atoms with Crippen LogP contribution in [0.1, 0.15) is 6.92 Å². The highest BCUT2D eigenvalue weighted by atomic mass is 16.4. The van der Waals surface area contributed by atoms with Crippen LogP contribution in [0.2, 0.25) is 0 Å². The van der Waals surface area contributed by atoms with Gasteiger partial charge in [0.25, 0.3) is 0 Å². The molecule has 0 unspecified atom stereocenters. The van der Waals surface area contributed by atoms with Gasteiger partial charge in [-0.05, 0) is 6.92 Å². The maximum atomic E-state index is 10.6. The van der Waals surface area contributed by atoms with Crippen molar-refractivity contribution in [3.63, 3.8) is 0 Å². The summed E-state index contributed by atoms with van der Waals surface area (Å²) in [5, 5.41) is 36.2. The van der Waals surface area contributed by atoms with Crippen molar-refractivity contribution in [2.24, 2.45) is 5.73 Å². The van der Waals surface area contributed by atoms with Crippen LogP contribution in [0.3, 0.4) is 0 Å². The molecule has 0 aliphatic carbocycles. The zero-order valence-corrected chi connectivity index (χ0v) is 7.29. The lowest BCUT2D eigenvalue weighted by atomic mass is 10.0. The van der Waals surface area contributed by atoms with Crippen LogP contribution in [0, 0.1) is 0 Å². The fourth-order valence-corrected chi connectivity index (χ4v) is 0.794. The van der Waals surface area contributed by atoms with Crippen molar-refractivity contribution in [1.29, 1.82) is 0 Å². The van der Waals surface area contributed by atoms with E-state index in [1.54, 1.807) is 0 Å². The first-order chi connectivity index (χ1) is 5.91. The molecule has 0 rings (SSSR count). The lowest BCUT2D eigenvalue weighted by Crippen LogP contribution is -2.49. The summed E-state index contributed by atoms with van der Waals surface area (Å²) >= 11 is 0. The number of carbonyl (C=O) groups is 1.